The van der Waals surface area contributed by atoms with Crippen LogP contribution in [0.1, 0.15) is 73.9 Å². The predicted molar refractivity (Wildman–Crippen MR) is 77.5 cm³/mol. The Balaban J connectivity index is 3.49. The van der Waals surface area contributed by atoms with Crippen LogP contribution in [0.3, 0.4) is 0 Å². The van der Waals surface area contributed by atoms with E-state index < -0.39 is 11.8 Å². The largest absolute Gasteiger partial charge is 0.507 e. The summed E-state index contributed by atoms with van der Waals surface area (Å²) in [5.41, 5.74) is 1.44. The van der Waals surface area contributed by atoms with Gasteiger partial charge in [0.2, 0.25) is 0 Å². The van der Waals surface area contributed by atoms with Gasteiger partial charge in [-0.05, 0) is 47.9 Å². The monoisotopic (exact) mass is 278 g/mol. The van der Waals surface area contributed by atoms with Gasteiger partial charge >= 0.3 is 5.97 Å². The standard InChI is InChI=1S/C16H22O4/c1-5-9(3)12-7-11(14(17)16(19)20)8-13(15(12)18)10(4)6-2/h7-10,18H,5-6H2,1-4H3,(H,19,20). The molecular weight excluding hydrogens is 256 g/mol. The van der Waals surface area contributed by atoms with Crippen LogP contribution >= 0.6 is 0 Å². The molecule has 1 aromatic carbocycles. The first-order chi connectivity index (χ1) is 9.33. The predicted octanol–water partition coefficient (Wildman–Crippen LogP) is 3.69. The first kappa shape index (κ1) is 16.2. The number of carboxylic acid groups (broad SMARTS) is 1. The Morgan fingerprint density at radius 1 is 1.05 bits per heavy atom. The minimum absolute atomic E-state index is 0.0688. The summed E-state index contributed by atoms with van der Waals surface area (Å²) in [6.07, 6.45) is 1.61. The Morgan fingerprint density at radius 3 is 1.75 bits per heavy atom. The lowest BCUT2D eigenvalue weighted by Gasteiger charge is -2.19. The maximum Gasteiger partial charge on any atom is 0.377 e. The average molecular weight is 278 g/mol. The lowest BCUT2D eigenvalue weighted by Crippen LogP contribution is -2.14. The number of phenols is 1. The highest BCUT2D eigenvalue weighted by molar-refractivity contribution is 6.39. The molecule has 4 nitrogen and oxygen atoms in total. The second-order valence-corrected chi connectivity index (χ2v) is 5.26. The highest BCUT2D eigenvalue weighted by Gasteiger charge is 2.22. The summed E-state index contributed by atoms with van der Waals surface area (Å²) < 4.78 is 0. The molecule has 0 saturated carbocycles. The van der Waals surface area contributed by atoms with E-state index in [1.54, 1.807) is 0 Å². The van der Waals surface area contributed by atoms with Crippen LogP contribution in [0, 0.1) is 0 Å². The van der Waals surface area contributed by atoms with Crippen LogP contribution in [-0.4, -0.2) is 22.0 Å². The average Bonchev–Trinajstić information content (AvgIpc) is 2.44. The van der Waals surface area contributed by atoms with Crippen molar-refractivity contribution in [1.29, 1.82) is 0 Å². The van der Waals surface area contributed by atoms with Gasteiger partial charge in [-0.1, -0.05) is 27.7 Å². The number of carbonyl (C=O) groups is 2. The summed E-state index contributed by atoms with van der Waals surface area (Å²) in [7, 11) is 0. The Kier molecular flexibility index (Phi) is 5.31. The normalized spacial score (nSPS) is 13.8. The molecule has 0 aliphatic carbocycles. The van der Waals surface area contributed by atoms with Crippen LogP contribution in [-0.2, 0) is 4.79 Å². The highest BCUT2D eigenvalue weighted by atomic mass is 16.4. The molecule has 0 amide bonds. The minimum Gasteiger partial charge on any atom is -0.507 e. The third-order valence-electron chi connectivity index (χ3n) is 3.91. The van der Waals surface area contributed by atoms with E-state index in [0.29, 0.717) is 11.1 Å². The van der Waals surface area contributed by atoms with Crippen LogP contribution in [0.4, 0.5) is 0 Å². The molecule has 0 spiro atoms. The number of Topliss-reactive ketones (excluding diaryl/α,β-unsaturated/α-hetero) is 1. The van der Waals surface area contributed by atoms with Gasteiger partial charge in [0.25, 0.3) is 5.78 Å². The molecule has 2 N–H and O–H groups in total. The van der Waals surface area contributed by atoms with Crippen molar-refractivity contribution < 1.29 is 19.8 Å². The van der Waals surface area contributed by atoms with Gasteiger partial charge in [-0.15, -0.1) is 0 Å². The summed E-state index contributed by atoms with van der Waals surface area (Å²) in [6.45, 7) is 7.87. The van der Waals surface area contributed by atoms with Crippen LogP contribution in [0.25, 0.3) is 0 Å². The van der Waals surface area contributed by atoms with E-state index in [2.05, 4.69) is 0 Å². The van der Waals surface area contributed by atoms with Gasteiger partial charge in [0.15, 0.2) is 0 Å². The summed E-state index contributed by atoms with van der Waals surface area (Å²) >= 11 is 0. The van der Waals surface area contributed by atoms with E-state index in [4.69, 9.17) is 5.11 Å². The smallest absolute Gasteiger partial charge is 0.377 e. The zero-order chi connectivity index (χ0) is 15.4. The molecule has 110 valence electrons. The number of aliphatic carboxylic acids is 1. The van der Waals surface area contributed by atoms with Gasteiger partial charge in [0.05, 0.1) is 0 Å². The molecule has 0 aliphatic heterocycles. The quantitative estimate of drug-likeness (QED) is 0.614. The van der Waals surface area contributed by atoms with Crippen molar-refractivity contribution in [2.45, 2.75) is 52.4 Å². The van der Waals surface area contributed by atoms with E-state index in [0.717, 1.165) is 12.8 Å². The van der Waals surface area contributed by atoms with Crippen LogP contribution in [0.2, 0.25) is 0 Å². The highest BCUT2D eigenvalue weighted by Crippen LogP contribution is 2.37. The molecule has 0 bridgehead atoms. The van der Waals surface area contributed by atoms with Crippen LogP contribution < -0.4 is 0 Å². The lowest BCUT2D eigenvalue weighted by atomic mass is 9.87. The molecule has 1 rings (SSSR count). The van der Waals surface area contributed by atoms with Crippen molar-refractivity contribution in [3.63, 3.8) is 0 Å². The Bertz CT molecular complexity index is 488. The van der Waals surface area contributed by atoms with Crippen LogP contribution in [0.5, 0.6) is 5.75 Å². The summed E-state index contributed by atoms with van der Waals surface area (Å²) in [6, 6.07) is 3.01. The topological polar surface area (TPSA) is 74.6 Å². The molecule has 0 radical (unpaired) electrons. The zero-order valence-corrected chi connectivity index (χ0v) is 12.4. The summed E-state index contributed by atoms with van der Waals surface area (Å²) in [4.78, 5) is 22.6. The van der Waals surface area contributed by atoms with E-state index in [-0.39, 0.29) is 23.1 Å². The fourth-order valence-electron chi connectivity index (χ4n) is 2.13. The first-order valence-corrected chi connectivity index (χ1v) is 6.97. The van der Waals surface area contributed by atoms with Gasteiger partial charge in [-0.3, -0.25) is 4.79 Å². The number of hydrogen-bond donors (Lipinski definition) is 2. The maximum atomic E-state index is 11.7. The molecule has 2 atom stereocenters. The first-order valence-electron chi connectivity index (χ1n) is 6.97. The Hall–Kier alpha value is -1.84. The van der Waals surface area contributed by atoms with Crippen molar-refractivity contribution in [3.05, 3.63) is 28.8 Å². The van der Waals surface area contributed by atoms with E-state index in [9.17, 15) is 14.7 Å². The van der Waals surface area contributed by atoms with Gasteiger partial charge in [-0.2, -0.15) is 0 Å². The fourth-order valence-corrected chi connectivity index (χ4v) is 2.13. The van der Waals surface area contributed by atoms with Crippen molar-refractivity contribution in [3.8, 4) is 5.75 Å². The van der Waals surface area contributed by atoms with Crippen molar-refractivity contribution in [1.82, 2.24) is 0 Å². The number of rotatable bonds is 6. The molecule has 0 aliphatic rings. The Labute approximate surface area is 119 Å². The number of benzene rings is 1. The lowest BCUT2D eigenvalue weighted by molar-refractivity contribution is -0.131. The summed E-state index contributed by atoms with van der Waals surface area (Å²) in [5, 5.41) is 19.2. The number of carboxylic acids is 1. The molecule has 0 heterocycles. The third kappa shape index (κ3) is 3.18. The summed E-state index contributed by atoms with van der Waals surface area (Å²) in [5.74, 6) is -2.07. The number of hydrogen-bond acceptors (Lipinski definition) is 3. The molecular formula is C16H22O4. The fraction of sp³-hybridized carbons (Fsp3) is 0.500. The molecule has 4 heteroatoms. The van der Waals surface area contributed by atoms with E-state index >= 15 is 0 Å². The number of carbonyl (C=O) groups excluding carboxylic acids is 1. The molecule has 2 unspecified atom stereocenters. The van der Waals surface area contributed by atoms with Crippen LogP contribution in [0.15, 0.2) is 12.1 Å². The number of phenolic OH excluding ortho intramolecular Hbond substituents is 1. The van der Waals surface area contributed by atoms with Gasteiger partial charge in [-0.25, -0.2) is 4.79 Å². The number of ketones is 1. The van der Waals surface area contributed by atoms with E-state index in [1.165, 1.54) is 12.1 Å². The van der Waals surface area contributed by atoms with Crippen molar-refractivity contribution >= 4 is 11.8 Å². The number of aromatic hydroxyl groups is 1. The second-order valence-electron chi connectivity index (χ2n) is 5.26. The molecule has 0 aromatic heterocycles. The Morgan fingerprint density at radius 2 is 1.45 bits per heavy atom. The SMILES string of the molecule is CCC(C)c1cc(C(=O)C(=O)O)cc(C(C)CC)c1O. The zero-order valence-electron chi connectivity index (χ0n) is 12.4. The maximum absolute atomic E-state index is 11.7. The van der Waals surface area contributed by atoms with Crippen molar-refractivity contribution in [2.24, 2.45) is 0 Å². The van der Waals surface area contributed by atoms with Gasteiger partial charge in [0.1, 0.15) is 5.75 Å². The second kappa shape index (κ2) is 6.55. The molecule has 0 saturated heterocycles. The van der Waals surface area contributed by atoms with Crippen molar-refractivity contribution in [2.75, 3.05) is 0 Å². The van der Waals surface area contributed by atoms with Gasteiger partial charge in [0, 0.05) is 5.56 Å². The third-order valence-corrected chi connectivity index (χ3v) is 3.91. The molecule has 0 fully saturated rings. The van der Waals surface area contributed by atoms with Gasteiger partial charge < -0.3 is 10.2 Å². The molecule has 1 aromatic rings. The van der Waals surface area contributed by atoms with E-state index in [1.807, 2.05) is 27.7 Å². The minimum atomic E-state index is -1.47. The molecule has 20 heavy (non-hydrogen) atoms.